The van der Waals surface area contributed by atoms with Crippen LogP contribution in [-0.2, 0) is 9.47 Å². The van der Waals surface area contributed by atoms with Gasteiger partial charge in [-0.25, -0.2) is 0 Å². The van der Waals surface area contributed by atoms with Gasteiger partial charge < -0.3 is 14.6 Å². The summed E-state index contributed by atoms with van der Waals surface area (Å²) < 4.78 is 13.0. The minimum atomic E-state index is -0.401. The highest BCUT2D eigenvalue weighted by atomic mass is 32.2. The maximum atomic E-state index is 11.5. The van der Waals surface area contributed by atoms with Crippen molar-refractivity contribution >= 4 is 23.5 Å². The monoisotopic (exact) mass is 422 g/mol. The van der Waals surface area contributed by atoms with E-state index in [1.165, 1.54) is 43.6 Å². The Balaban J connectivity index is 1.33. The van der Waals surface area contributed by atoms with E-state index in [0.29, 0.717) is 27.8 Å². The van der Waals surface area contributed by atoms with Crippen molar-refractivity contribution < 1.29 is 14.6 Å². The zero-order chi connectivity index (χ0) is 19.0. The Hall–Kier alpha value is 0.320. The number of aliphatic hydroxyl groups excluding tert-OH is 1. The van der Waals surface area contributed by atoms with Gasteiger partial charge in [0, 0.05) is 23.3 Å². The van der Waals surface area contributed by atoms with Gasteiger partial charge in [-0.1, -0.05) is 18.6 Å². The van der Waals surface area contributed by atoms with Crippen LogP contribution in [-0.4, -0.2) is 45.8 Å². The Kier molecular flexibility index (Phi) is 4.53. The lowest BCUT2D eigenvalue weighted by Crippen LogP contribution is -2.59. The highest BCUT2D eigenvalue weighted by Crippen LogP contribution is 2.68. The standard InChI is InChI=1S/C23H34O3S2/c1-2-21-14-19(24)20-16-5-7-22(27-11-12-28-22)13-15(16)3-4-17(20)18(21)6-8-23(21)25-9-10-26-23/h13,16-20,24H,2-12,14H2,1H3. The van der Waals surface area contributed by atoms with Crippen molar-refractivity contribution in [3.63, 3.8) is 0 Å². The van der Waals surface area contributed by atoms with E-state index in [-0.39, 0.29) is 11.5 Å². The van der Waals surface area contributed by atoms with E-state index >= 15 is 0 Å². The minimum absolute atomic E-state index is 0.0261. The van der Waals surface area contributed by atoms with Gasteiger partial charge >= 0.3 is 0 Å². The van der Waals surface area contributed by atoms with Crippen molar-refractivity contribution in [1.29, 1.82) is 0 Å². The van der Waals surface area contributed by atoms with Gasteiger partial charge in [-0.05, 0) is 68.6 Å². The van der Waals surface area contributed by atoms with Crippen LogP contribution in [0.1, 0.15) is 58.3 Å². The average Bonchev–Trinajstić information content (AvgIpc) is 3.43. The number of fused-ring (bicyclic) bond motifs is 6. The van der Waals surface area contributed by atoms with Gasteiger partial charge in [-0.15, -0.1) is 23.5 Å². The van der Waals surface area contributed by atoms with Crippen molar-refractivity contribution in [2.45, 2.75) is 74.3 Å². The lowest BCUT2D eigenvalue weighted by atomic mass is 9.49. The molecule has 0 radical (unpaired) electrons. The first kappa shape index (κ1) is 19.0. The number of ether oxygens (including phenoxy) is 2. The Morgan fingerprint density at radius 3 is 2.64 bits per heavy atom. The number of thioether (sulfide) groups is 2. The van der Waals surface area contributed by atoms with E-state index < -0.39 is 5.79 Å². The van der Waals surface area contributed by atoms with Crippen LogP contribution in [0.25, 0.3) is 0 Å². The molecule has 3 nitrogen and oxygen atoms in total. The summed E-state index contributed by atoms with van der Waals surface area (Å²) in [5.41, 5.74) is 1.72. The normalized spacial score (nSPS) is 48.4. The summed E-state index contributed by atoms with van der Waals surface area (Å²) in [5, 5.41) is 11.5. The maximum Gasteiger partial charge on any atom is 0.174 e. The molecule has 0 amide bonds. The first-order chi connectivity index (χ1) is 13.6. The fraction of sp³-hybridized carbons (Fsp3) is 0.913. The molecule has 2 saturated heterocycles. The molecule has 3 saturated carbocycles. The molecule has 6 unspecified atom stereocenters. The van der Waals surface area contributed by atoms with Crippen molar-refractivity contribution in [2.75, 3.05) is 24.7 Å². The molecule has 0 aromatic rings. The number of allylic oxidation sites excluding steroid dienone is 1. The zero-order valence-electron chi connectivity index (χ0n) is 17.0. The van der Waals surface area contributed by atoms with E-state index in [0.717, 1.165) is 32.5 Å². The highest BCUT2D eigenvalue weighted by molar-refractivity contribution is 8.21. The summed E-state index contributed by atoms with van der Waals surface area (Å²) in [4.78, 5) is 0. The first-order valence-electron chi connectivity index (χ1n) is 11.6. The summed E-state index contributed by atoms with van der Waals surface area (Å²) in [6, 6.07) is 0. The van der Waals surface area contributed by atoms with E-state index in [1.807, 2.05) is 0 Å². The van der Waals surface area contributed by atoms with Gasteiger partial charge in [-0.3, -0.25) is 0 Å². The molecule has 2 heterocycles. The molecule has 4 aliphatic carbocycles. The van der Waals surface area contributed by atoms with Crippen molar-refractivity contribution in [3.8, 4) is 0 Å². The van der Waals surface area contributed by atoms with Gasteiger partial charge in [0.05, 0.1) is 23.4 Å². The molecule has 6 rings (SSSR count). The molecular formula is C23H34O3S2. The third-order valence-corrected chi connectivity index (χ3v) is 12.8. The lowest BCUT2D eigenvalue weighted by molar-refractivity contribution is -0.261. The summed E-state index contributed by atoms with van der Waals surface area (Å²) in [6.45, 7) is 3.77. The molecule has 6 atom stereocenters. The summed E-state index contributed by atoms with van der Waals surface area (Å²) >= 11 is 4.35. The predicted octanol–water partition coefficient (Wildman–Crippen LogP) is 4.84. The molecular weight excluding hydrogens is 388 g/mol. The van der Waals surface area contributed by atoms with E-state index in [9.17, 15) is 5.11 Å². The van der Waals surface area contributed by atoms with Gasteiger partial charge in [0.1, 0.15) is 0 Å². The first-order valence-corrected chi connectivity index (χ1v) is 13.5. The fourth-order valence-electron chi connectivity index (χ4n) is 8.40. The summed E-state index contributed by atoms with van der Waals surface area (Å²) in [6.07, 6.45) is 11.8. The van der Waals surface area contributed by atoms with Crippen LogP contribution in [0.5, 0.6) is 0 Å². The summed E-state index contributed by atoms with van der Waals surface area (Å²) in [7, 11) is 0. The van der Waals surface area contributed by atoms with E-state index in [2.05, 4.69) is 36.5 Å². The average molecular weight is 423 g/mol. The lowest BCUT2D eigenvalue weighted by Gasteiger charge is -2.58. The number of hydrogen-bond acceptors (Lipinski definition) is 5. The van der Waals surface area contributed by atoms with Crippen molar-refractivity contribution in [2.24, 2.45) is 29.1 Å². The smallest absolute Gasteiger partial charge is 0.174 e. The Morgan fingerprint density at radius 1 is 1.11 bits per heavy atom. The molecule has 1 N–H and O–H groups in total. The van der Waals surface area contributed by atoms with Crippen LogP contribution in [0, 0.1) is 29.1 Å². The molecule has 5 fully saturated rings. The van der Waals surface area contributed by atoms with Gasteiger partial charge in [0.2, 0.25) is 0 Å². The molecule has 156 valence electrons. The molecule has 0 aromatic heterocycles. The van der Waals surface area contributed by atoms with Gasteiger partial charge in [0.25, 0.3) is 0 Å². The Labute approximate surface area is 177 Å². The largest absolute Gasteiger partial charge is 0.393 e. The third kappa shape index (κ3) is 2.43. The van der Waals surface area contributed by atoms with Crippen LogP contribution in [0.4, 0.5) is 0 Å². The quantitative estimate of drug-likeness (QED) is 0.612. The second-order valence-corrected chi connectivity index (χ2v) is 13.1. The minimum Gasteiger partial charge on any atom is -0.393 e. The molecule has 0 aromatic carbocycles. The van der Waals surface area contributed by atoms with Crippen molar-refractivity contribution in [3.05, 3.63) is 11.6 Å². The maximum absolute atomic E-state index is 11.5. The highest BCUT2D eigenvalue weighted by Gasteiger charge is 2.68. The molecule has 0 bridgehead atoms. The zero-order valence-corrected chi connectivity index (χ0v) is 18.7. The van der Waals surface area contributed by atoms with E-state index in [4.69, 9.17) is 9.47 Å². The summed E-state index contributed by atoms with van der Waals surface area (Å²) in [5.74, 6) is 4.61. The SMILES string of the molecule is CCC12CC(O)C3C4CCC5(C=C4CCC3C1CCC21OCCO1)SCCS5. The van der Waals surface area contributed by atoms with E-state index in [1.54, 1.807) is 5.57 Å². The van der Waals surface area contributed by atoms with Gasteiger partial charge in [0.15, 0.2) is 5.79 Å². The molecule has 6 aliphatic rings. The van der Waals surface area contributed by atoms with Crippen LogP contribution in [0.3, 0.4) is 0 Å². The van der Waals surface area contributed by atoms with Crippen LogP contribution >= 0.6 is 23.5 Å². The topological polar surface area (TPSA) is 38.7 Å². The van der Waals surface area contributed by atoms with Crippen LogP contribution < -0.4 is 0 Å². The molecule has 5 heteroatoms. The van der Waals surface area contributed by atoms with Crippen molar-refractivity contribution in [1.82, 2.24) is 0 Å². The van der Waals surface area contributed by atoms with Crippen LogP contribution in [0.2, 0.25) is 0 Å². The Bertz CT molecular complexity index is 667. The Morgan fingerprint density at radius 2 is 1.89 bits per heavy atom. The molecule has 2 spiro atoms. The number of hydrogen-bond donors (Lipinski definition) is 1. The number of rotatable bonds is 1. The third-order valence-electron chi connectivity index (χ3n) is 9.36. The molecule has 28 heavy (non-hydrogen) atoms. The predicted molar refractivity (Wildman–Crippen MR) is 115 cm³/mol. The number of aliphatic hydroxyl groups is 1. The second kappa shape index (κ2) is 6.66. The van der Waals surface area contributed by atoms with Crippen LogP contribution in [0.15, 0.2) is 11.6 Å². The second-order valence-electron chi connectivity index (χ2n) is 10.0. The van der Waals surface area contributed by atoms with Gasteiger partial charge in [-0.2, -0.15) is 0 Å². The fourth-order valence-corrected chi connectivity index (χ4v) is 11.6. The molecule has 2 aliphatic heterocycles.